The number of hydrogen-bond donors (Lipinski definition) is 1. The van der Waals surface area contributed by atoms with E-state index in [1.807, 2.05) is 0 Å². The first kappa shape index (κ1) is 18.1. The Morgan fingerprint density at radius 3 is 2.63 bits per heavy atom. The van der Waals surface area contributed by atoms with Crippen LogP contribution in [0.15, 0.2) is 48.8 Å². The number of carbonyl (C=O) groups is 2. The van der Waals surface area contributed by atoms with E-state index in [4.69, 9.17) is 14.2 Å². The molecule has 0 atom stereocenters. The van der Waals surface area contributed by atoms with Gasteiger partial charge in [-0.3, -0.25) is 14.8 Å². The number of hydrogen-bond acceptors (Lipinski definition) is 7. The first-order valence-electron chi connectivity index (χ1n) is 8.01. The van der Waals surface area contributed by atoms with Crippen LogP contribution in [0.5, 0.6) is 11.5 Å². The second kappa shape index (κ2) is 8.13. The van der Waals surface area contributed by atoms with Crippen LogP contribution in [0.4, 0.5) is 5.69 Å². The summed E-state index contributed by atoms with van der Waals surface area (Å²) in [4.78, 5) is 32.7. The second-order valence-corrected chi connectivity index (χ2v) is 5.42. The molecule has 0 unspecified atom stereocenters. The second-order valence-electron chi connectivity index (χ2n) is 5.42. The number of fused-ring (bicyclic) bond motifs is 1. The van der Waals surface area contributed by atoms with Gasteiger partial charge < -0.3 is 19.5 Å². The molecule has 0 aliphatic rings. The van der Waals surface area contributed by atoms with Gasteiger partial charge in [-0.2, -0.15) is 0 Å². The molecule has 2 aromatic carbocycles. The molecule has 0 saturated heterocycles. The molecule has 8 nitrogen and oxygen atoms in total. The maximum absolute atomic E-state index is 12.3. The van der Waals surface area contributed by atoms with Crippen LogP contribution in [0.3, 0.4) is 0 Å². The lowest BCUT2D eigenvalue weighted by Gasteiger charge is -2.12. The first-order valence-corrected chi connectivity index (χ1v) is 8.01. The maximum Gasteiger partial charge on any atom is 0.340 e. The van der Waals surface area contributed by atoms with Gasteiger partial charge >= 0.3 is 5.97 Å². The van der Waals surface area contributed by atoms with E-state index in [0.717, 1.165) is 0 Å². The van der Waals surface area contributed by atoms with Gasteiger partial charge in [0.05, 0.1) is 31.0 Å². The zero-order chi connectivity index (χ0) is 19.2. The number of methoxy groups -OCH3 is 2. The maximum atomic E-state index is 12.3. The summed E-state index contributed by atoms with van der Waals surface area (Å²) in [6.07, 6.45) is 3.02. The zero-order valence-corrected chi connectivity index (χ0v) is 14.8. The highest BCUT2D eigenvalue weighted by Gasteiger charge is 2.15. The van der Waals surface area contributed by atoms with Crippen LogP contribution >= 0.6 is 0 Å². The highest BCUT2D eigenvalue weighted by molar-refractivity contribution is 6.03. The fourth-order valence-corrected chi connectivity index (χ4v) is 2.45. The van der Waals surface area contributed by atoms with Crippen molar-refractivity contribution in [3.8, 4) is 11.5 Å². The van der Waals surface area contributed by atoms with Gasteiger partial charge in [-0.15, -0.1) is 0 Å². The molecule has 0 aliphatic heterocycles. The Labute approximate surface area is 155 Å². The number of benzene rings is 2. The molecule has 1 aromatic heterocycles. The third-order valence-electron chi connectivity index (χ3n) is 3.74. The van der Waals surface area contributed by atoms with E-state index in [2.05, 4.69) is 15.3 Å². The van der Waals surface area contributed by atoms with Crippen LogP contribution in [0.2, 0.25) is 0 Å². The van der Waals surface area contributed by atoms with Crippen molar-refractivity contribution in [2.75, 3.05) is 26.1 Å². The third kappa shape index (κ3) is 4.12. The van der Waals surface area contributed by atoms with Crippen LogP contribution in [0, 0.1) is 0 Å². The van der Waals surface area contributed by atoms with Gasteiger partial charge in [0, 0.05) is 18.5 Å². The van der Waals surface area contributed by atoms with E-state index >= 15 is 0 Å². The number of esters is 1. The van der Waals surface area contributed by atoms with Crippen LogP contribution in [-0.4, -0.2) is 42.7 Å². The standard InChI is InChI=1S/C19H17N3O5/c1-25-12-6-7-14(16(10-12)26-2)22-17(23)11-27-19(24)13-4-3-5-15-18(13)21-9-8-20-15/h3-10H,11H2,1-2H3,(H,22,23). The molecule has 138 valence electrons. The number of nitrogens with one attached hydrogen (secondary N) is 1. The predicted octanol–water partition coefficient (Wildman–Crippen LogP) is 2.44. The largest absolute Gasteiger partial charge is 0.497 e. The Balaban J connectivity index is 1.66. The number of ether oxygens (including phenoxy) is 3. The number of para-hydroxylation sites is 1. The minimum atomic E-state index is -0.655. The lowest BCUT2D eigenvalue weighted by Crippen LogP contribution is -2.21. The minimum Gasteiger partial charge on any atom is -0.497 e. The normalized spacial score (nSPS) is 10.3. The summed E-state index contributed by atoms with van der Waals surface area (Å²) in [7, 11) is 3.01. The van der Waals surface area contributed by atoms with Gasteiger partial charge in [0.25, 0.3) is 5.91 Å². The summed E-state index contributed by atoms with van der Waals surface area (Å²) in [6.45, 7) is -0.454. The molecule has 1 heterocycles. The lowest BCUT2D eigenvalue weighted by molar-refractivity contribution is -0.119. The molecule has 0 bridgehead atoms. The van der Waals surface area contributed by atoms with Crippen LogP contribution in [0.25, 0.3) is 11.0 Å². The number of carbonyl (C=O) groups excluding carboxylic acids is 2. The average molecular weight is 367 g/mol. The van der Waals surface area contributed by atoms with Crippen molar-refractivity contribution in [2.24, 2.45) is 0 Å². The van der Waals surface area contributed by atoms with Crippen molar-refractivity contribution in [1.29, 1.82) is 0 Å². The molecule has 3 rings (SSSR count). The molecular formula is C19H17N3O5. The van der Waals surface area contributed by atoms with E-state index in [0.29, 0.717) is 28.2 Å². The van der Waals surface area contributed by atoms with Gasteiger partial charge in [-0.05, 0) is 24.3 Å². The van der Waals surface area contributed by atoms with Crippen LogP contribution in [0.1, 0.15) is 10.4 Å². The van der Waals surface area contributed by atoms with Gasteiger partial charge in [0.2, 0.25) is 0 Å². The van der Waals surface area contributed by atoms with Crippen LogP contribution in [-0.2, 0) is 9.53 Å². The van der Waals surface area contributed by atoms with Crippen molar-refractivity contribution in [1.82, 2.24) is 9.97 Å². The van der Waals surface area contributed by atoms with Crippen molar-refractivity contribution in [3.63, 3.8) is 0 Å². The van der Waals surface area contributed by atoms with E-state index in [-0.39, 0.29) is 5.56 Å². The molecule has 1 N–H and O–H groups in total. The number of anilines is 1. The number of aromatic nitrogens is 2. The Morgan fingerprint density at radius 2 is 1.85 bits per heavy atom. The van der Waals surface area contributed by atoms with Crippen molar-refractivity contribution >= 4 is 28.6 Å². The number of rotatable bonds is 6. The zero-order valence-electron chi connectivity index (χ0n) is 14.8. The average Bonchev–Trinajstić information content (AvgIpc) is 2.71. The molecule has 3 aromatic rings. The SMILES string of the molecule is COc1ccc(NC(=O)COC(=O)c2cccc3nccnc23)c(OC)c1. The molecule has 0 aliphatic carbocycles. The fraction of sp³-hybridized carbons (Fsp3) is 0.158. The highest BCUT2D eigenvalue weighted by atomic mass is 16.5. The lowest BCUT2D eigenvalue weighted by atomic mass is 10.2. The summed E-state index contributed by atoms with van der Waals surface area (Å²) in [5.74, 6) is -0.136. The first-order chi connectivity index (χ1) is 13.1. The summed E-state index contributed by atoms with van der Waals surface area (Å²) in [5, 5.41) is 2.63. The molecule has 0 radical (unpaired) electrons. The smallest absolute Gasteiger partial charge is 0.340 e. The summed E-state index contributed by atoms with van der Waals surface area (Å²) in [5.41, 5.74) is 1.67. The van der Waals surface area contributed by atoms with Crippen LogP contribution < -0.4 is 14.8 Å². The Kier molecular flexibility index (Phi) is 5.46. The Morgan fingerprint density at radius 1 is 1.04 bits per heavy atom. The predicted molar refractivity (Wildman–Crippen MR) is 98.0 cm³/mol. The third-order valence-corrected chi connectivity index (χ3v) is 3.74. The number of nitrogens with zero attached hydrogens (tertiary/aromatic N) is 2. The van der Waals surface area contributed by atoms with Crippen molar-refractivity contribution in [3.05, 3.63) is 54.4 Å². The van der Waals surface area contributed by atoms with Gasteiger partial charge in [0.15, 0.2) is 6.61 Å². The van der Waals surface area contributed by atoms with Crippen molar-refractivity contribution in [2.45, 2.75) is 0 Å². The van der Waals surface area contributed by atoms with Crippen molar-refractivity contribution < 1.29 is 23.8 Å². The Hall–Kier alpha value is -3.68. The van der Waals surface area contributed by atoms with E-state index in [1.54, 1.807) is 36.4 Å². The summed E-state index contributed by atoms with van der Waals surface area (Å²) < 4.78 is 15.4. The molecular weight excluding hydrogens is 350 g/mol. The van der Waals surface area contributed by atoms with E-state index < -0.39 is 18.5 Å². The fourth-order valence-electron chi connectivity index (χ4n) is 2.45. The summed E-state index contributed by atoms with van der Waals surface area (Å²) >= 11 is 0. The van der Waals surface area contributed by atoms with E-state index in [9.17, 15) is 9.59 Å². The van der Waals surface area contributed by atoms with Gasteiger partial charge in [-0.1, -0.05) is 6.07 Å². The molecule has 0 spiro atoms. The molecule has 0 fully saturated rings. The highest BCUT2D eigenvalue weighted by Crippen LogP contribution is 2.28. The van der Waals surface area contributed by atoms with Gasteiger partial charge in [-0.25, -0.2) is 4.79 Å². The summed E-state index contributed by atoms with van der Waals surface area (Å²) in [6, 6.07) is 9.94. The molecule has 8 heteroatoms. The topological polar surface area (TPSA) is 99.6 Å². The number of amides is 1. The quantitative estimate of drug-likeness (QED) is 0.668. The molecule has 0 saturated carbocycles. The van der Waals surface area contributed by atoms with Gasteiger partial charge in [0.1, 0.15) is 17.0 Å². The van der Waals surface area contributed by atoms with E-state index in [1.165, 1.54) is 26.6 Å². The monoisotopic (exact) mass is 367 g/mol. The molecule has 27 heavy (non-hydrogen) atoms. The molecule has 1 amide bonds. The minimum absolute atomic E-state index is 0.246. The Bertz CT molecular complexity index is 985.